The van der Waals surface area contributed by atoms with Crippen LogP contribution in [0.5, 0.6) is 0 Å². The summed E-state index contributed by atoms with van der Waals surface area (Å²) in [6, 6.07) is 0. The van der Waals surface area contributed by atoms with Crippen molar-refractivity contribution >= 4 is 12.3 Å². The van der Waals surface area contributed by atoms with E-state index in [4.69, 9.17) is 19.3 Å². The van der Waals surface area contributed by atoms with Crippen molar-refractivity contribution in [1.82, 2.24) is 0 Å². The van der Waals surface area contributed by atoms with Gasteiger partial charge in [0.05, 0.1) is 13.2 Å². The van der Waals surface area contributed by atoms with E-state index in [0.717, 1.165) is 12.8 Å². The van der Waals surface area contributed by atoms with Gasteiger partial charge in [-0.15, -0.1) is 0 Å². The number of carbonyl (C=O) groups excluding carboxylic acids is 2. The van der Waals surface area contributed by atoms with Crippen LogP contribution in [0.2, 0.25) is 0 Å². The van der Waals surface area contributed by atoms with E-state index in [1.165, 1.54) is 0 Å². The highest BCUT2D eigenvalue weighted by atomic mass is 16.8. The van der Waals surface area contributed by atoms with E-state index in [-0.39, 0.29) is 25.7 Å². The molecule has 0 aromatic rings. The topological polar surface area (TPSA) is 91.3 Å². The SMILES string of the molecule is CC(C)COC(=O)OC1CCCCC1OC(=O)OCCO. The van der Waals surface area contributed by atoms with Crippen molar-refractivity contribution in [2.45, 2.75) is 51.7 Å². The van der Waals surface area contributed by atoms with Gasteiger partial charge in [0.15, 0.2) is 0 Å². The third-order valence-electron chi connectivity index (χ3n) is 2.98. The zero-order valence-corrected chi connectivity index (χ0v) is 12.6. The molecule has 2 atom stereocenters. The normalized spacial score (nSPS) is 21.7. The van der Waals surface area contributed by atoms with Crippen LogP contribution in [0.1, 0.15) is 39.5 Å². The van der Waals surface area contributed by atoms with Crippen molar-refractivity contribution in [1.29, 1.82) is 0 Å². The summed E-state index contributed by atoms with van der Waals surface area (Å²) in [5, 5.41) is 8.58. The molecule has 0 amide bonds. The lowest BCUT2D eigenvalue weighted by atomic mass is 9.95. The number of ether oxygens (including phenoxy) is 4. The third-order valence-corrected chi connectivity index (χ3v) is 2.98. The fraction of sp³-hybridized carbons (Fsp3) is 0.857. The van der Waals surface area contributed by atoms with E-state index >= 15 is 0 Å². The van der Waals surface area contributed by atoms with Crippen LogP contribution in [0.3, 0.4) is 0 Å². The molecule has 0 radical (unpaired) electrons. The molecule has 0 heterocycles. The second-order valence-corrected chi connectivity index (χ2v) is 5.37. The summed E-state index contributed by atoms with van der Waals surface area (Å²) in [5.74, 6) is 0.226. The van der Waals surface area contributed by atoms with Crippen molar-refractivity contribution in [2.75, 3.05) is 19.8 Å². The zero-order valence-electron chi connectivity index (χ0n) is 12.6. The number of aliphatic hydroxyl groups is 1. The molecule has 0 aromatic carbocycles. The first kappa shape index (κ1) is 17.6. The number of carbonyl (C=O) groups is 2. The molecular weight excluding hydrogens is 280 g/mol. The van der Waals surface area contributed by atoms with Gasteiger partial charge >= 0.3 is 12.3 Å². The molecule has 1 N–H and O–H groups in total. The van der Waals surface area contributed by atoms with Crippen molar-refractivity contribution in [3.63, 3.8) is 0 Å². The number of rotatable bonds is 6. The molecule has 122 valence electrons. The monoisotopic (exact) mass is 304 g/mol. The van der Waals surface area contributed by atoms with Gasteiger partial charge in [-0.2, -0.15) is 0 Å². The molecule has 0 bridgehead atoms. The Morgan fingerprint density at radius 3 is 2.05 bits per heavy atom. The molecule has 7 nitrogen and oxygen atoms in total. The highest BCUT2D eigenvalue weighted by molar-refractivity contribution is 5.61. The summed E-state index contributed by atoms with van der Waals surface area (Å²) in [6.45, 7) is 3.76. The molecule has 21 heavy (non-hydrogen) atoms. The molecule has 1 rings (SSSR count). The summed E-state index contributed by atoms with van der Waals surface area (Å²) >= 11 is 0. The Morgan fingerprint density at radius 2 is 1.57 bits per heavy atom. The van der Waals surface area contributed by atoms with Crippen LogP contribution >= 0.6 is 0 Å². The maximum atomic E-state index is 11.6. The van der Waals surface area contributed by atoms with E-state index in [1.807, 2.05) is 13.8 Å². The molecule has 0 saturated heterocycles. The second kappa shape index (κ2) is 9.44. The predicted molar refractivity (Wildman–Crippen MR) is 72.8 cm³/mol. The van der Waals surface area contributed by atoms with Gasteiger partial charge in [-0.25, -0.2) is 9.59 Å². The zero-order chi connectivity index (χ0) is 15.7. The fourth-order valence-corrected chi connectivity index (χ4v) is 2.01. The maximum absolute atomic E-state index is 11.6. The number of hydrogen-bond acceptors (Lipinski definition) is 7. The Balaban J connectivity index is 2.41. The van der Waals surface area contributed by atoms with Crippen LogP contribution in [0.25, 0.3) is 0 Å². The Kier molecular flexibility index (Phi) is 7.89. The molecule has 2 unspecified atom stereocenters. The highest BCUT2D eigenvalue weighted by Gasteiger charge is 2.32. The van der Waals surface area contributed by atoms with Gasteiger partial charge in [-0.3, -0.25) is 0 Å². The van der Waals surface area contributed by atoms with Crippen molar-refractivity contribution in [3.05, 3.63) is 0 Å². The standard InChI is InChI=1S/C14H24O7/c1-10(2)9-19-14(17)21-12-6-4-3-5-11(12)20-13(16)18-8-7-15/h10-12,15H,3-9H2,1-2H3. The van der Waals surface area contributed by atoms with E-state index in [0.29, 0.717) is 12.8 Å². The lowest BCUT2D eigenvalue weighted by Crippen LogP contribution is -2.38. The molecule has 1 aliphatic carbocycles. The molecule has 1 aliphatic rings. The van der Waals surface area contributed by atoms with Crippen molar-refractivity contribution in [2.24, 2.45) is 5.92 Å². The van der Waals surface area contributed by atoms with E-state index in [1.54, 1.807) is 0 Å². The summed E-state index contributed by atoms with van der Waals surface area (Å²) in [4.78, 5) is 23.0. The van der Waals surface area contributed by atoms with Gasteiger partial charge in [0, 0.05) is 0 Å². The smallest absolute Gasteiger partial charge is 0.434 e. The Morgan fingerprint density at radius 1 is 1.05 bits per heavy atom. The fourth-order valence-electron chi connectivity index (χ4n) is 2.01. The first-order valence-electron chi connectivity index (χ1n) is 7.30. The van der Waals surface area contributed by atoms with Crippen LogP contribution in [-0.2, 0) is 18.9 Å². The minimum atomic E-state index is -0.861. The summed E-state index contributed by atoms with van der Waals surface area (Å²) in [6.07, 6.45) is 0.363. The Hall–Kier alpha value is -1.50. The lowest BCUT2D eigenvalue weighted by molar-refractivity contribution is -0.0734. The second-order valence-electron chi connectivity index (χ2n) is 5.37. The minimum absolute atomic E-state index is 0.118. The van der Waals surface area contributed by atoms with Crippen molar-refractivity contribution in [3.8, 4) is 0 Å². The van der Waals surface area contributed by atoms with Crippen LogP contribution in [0.15, 0.2) is 0 Å². The van der Waals surface area contributed by atoms with Gasteiger partial charge in [-0.1, -0.05) is 13.8 Å². The van der Waals surface area contributed by atoms with Crippen LogP contribution in [-0.4, -0.2) is 49.4 Å². The molecular formula is C14H24O7. The predicted octanol–water partition coefficient (Wildman–Crippen LogP) is 2.25. The quantitative estimate of drug-likeness (QED) is 0.752. The molecule has 0 aromatic heterocycles. The van der Waals surface area contributed by atoms with Crippen LogP contribution in [0.4, 0.5) is 9.59 Å². The first-order chi connectivity index (χ1) is 10.0. The molecule has 0 aliphatic heterocycles. The number of hydrogen-bond donors (Lipinski definition) is 1. The van der Waals surface area contributed by atoms with Gasteiger partial charge < -0.3 is 24.1 Å². The average molecular weight is 304 g/mol. The van der Waals surface area contributed by atoms with Gasteiger partial charge in [0.25, 0.3) is 0 Å². The molecule has 1 fully saturated rings. The summed E-state index contributed by atoms with van der Waals surface area (Å²) in [5.41, 5.74) is 0. The molecule has 7 heteroatoms. The maximum Gasteiger partial charge on any atom is 0.508 e. The highest BCUT2D eigenvalue weighted by Crippen LogP contribution is 2.24. The third kappa shape index (κ3) is 7.17. The van der Waals surface area contributed by atoms with Crippen LogP contribution < -0.4 is 0 Å². The average Bonchev–Trinajstić information content (AvgIpc) is 2.45. The van der Waals surface area contributed by atoms with Gasteiger partial charge in [-0.05, 0) is 31.6 Å². The Bertz CT molecular complexity index is 329. The largest absolute Gasteiger partial charge is 0.508 e. The summed E-state index contributed by atoms with van der Waals surface area (Å²) in [7, 11) is 0. The van der Waals surface area contributed by atoms with E-state index in [9.17, 15) is 9.59 Å². The first-order valence-corrected chi connectivity index (χ1v) is 7.30. The Labute approximate surface area is 124 Å². The summed E-state index contributed by atoms with van der Waals surface area (Å²) < 4.78 is 19.9. The molecule has 0 spiro atoms. The minimum Gasteiger partial charge on any atom is -0.434 e. The van der Waals surface area contributed by atoms with Crippen LogP contribution in [0, 0.1) is 5.92 Å². The van der Waals surface area contributed by atoms with Gasteiger partial charge in [0.1, 0.15) is 18.8 Å². The van der Waals surface area contributed by atoms with E-state index < -0.39 is 24.5 Å². The van der Waals surface area contributed by atoms with E-state index in [2.05, 4.69) is 4.74 Å². The lowest BCUT2D eigenvalue weighted by Gasteiger charge is -2.29. The molecule has 1 saturated carbocycles. The number of aliphatic hydroxyl groups excluding tert-OH is 1. The van der Waals surface area contributed by atoms with Crippen molar-refractivity contribution < 1.29 is 33.6 Å². The van der Waals surface area contributed by atoms with Gasteiger partial charge in [0.2, 0.25) is 0 Å².